The van der Waals surface area contributed by atoms with Crippen LogP contribution in [0.3, 0.4) is 0 Å². The second kappa shape index (κ2) is 8.78. The third-order valence-electron chi connectivity index (χ3n) is 4.41. The molecule has 1 aromatic heterocycles. The van der Waals surface area contributed by atoms with E-state index < -0.39 is 0 Å². The maximum absolute atomic E-state index is 13.0. The number of nitrogens with zero attached hydrogens (tertiary/aromatic N) is 2. The van der Waals surface area contributed by atoms with Crippen molar-refractivity contribution in [2.45, 2.75) is 19.5 Å². The van der Waals surface area contributed by atoms with E-state index in [2.05, 4.69) is 15.1 Å². The van der Waals surface area contributed by atoms with Gasteiger partial charge in [0.05, 0.1) is 19.4 Å². The van der Waals surface area contributed by atoms with Gasteiger partial charge >= 0.3 is 0 Å². The van der Waals surface area contributed by atoms with Gasteiger partial charge in [-0.3, -0.25) is 14.6 Å². The highest BCUT2D eigenvalue weighted by Gasteiger charge is 2.17. The average Bonchev–Trinajstić information content (AvgIpc) is 3.04. The molecule has 0 saturated carbocycles. The monoisotopic (exact) mass is 345 g/mol. The summed E-state index contributed by atoms with van der Waals surface area (Å²) in [6.45, 7) is 5.31. The van der Waals surface area contributed by atoms with E-state index in [0.29, 0.717) is 13.1 Å². The summed E-state index contributed by atoms with van der Waals surface area (Å²) in [5.41, 5.74) is 1.12. The fourth-order valence-electron chi connectivity index (χ4n) is 3.05. The van der Waals surface area contributed by atoms with E-state index in [0.717, 1.165) is 50.5 Å². The first-order valence-electron chi connectivity index (χ1n) is 8.67. The van der Waals surface area contributed by atoms with Crippen molar-refractivity contribution < 1.29 is 13.6 Å². The Hall–Kier alpha value is -2.18. The molecular weight excluding hydrogens is 321 g/mol. The summed E-state index contributed by atoms with van der Waals surface area (Å²) in [6.07, 6.45) is 2.62. The third-order valence-corrected chi connectivity index (χ3v) is 4.41. The van der Waals surface area contributed by atoms with Gasteiger partial charge in [0.25, 0.3) is 0 Å². The van der Waals surface area contributed by atoms with Crippen LogP contribution < -0.4 is 5.32 Å². The minimum Gasteiger partial charge on any atom is -0.467 e. The lowest BCUT2D eigenvalue weighted by atomic mass is 10.2. The summed E-state index contributed by atoms with van der Waals surface area (Å²) in [4.78, 5) is 16.6. The lowest BCUT2D eigenvalue weighted by Crippen LogP contribution is -2.39. The van der Waals surface area contributed by atoms with Crippen molar-refractivity contribution in [1.29, 1.82) is 0 Å². The number of rotatable bonds is 6. The number of nitrogens with one attached hydrogen (secondary N) is 1. The highest BCUT2D eigenvalue weighted by molar-refractivity contribution is 5.77. The average molecular weight is 345 g/mol. The van der Waals surface area contributed by atoms with E-state index in [-0.39, 0.29) is 11.7 Å². The number of carbonyl (C=O) groups is 1. The van der Waals surface area contributed by atoms with E-state index in [9.17, 15) is 9.18 Å². The Labute approximate surface area is 147 Å². The van der Waals surface area contributed by atoms with E-state index in [1.54, 1.807) is 6.26 Å². The molecule has 1 aliphatic rings. The fourth-order valence-corrected chi connectivity index (χ4v) is 3.05. The second-order valence-corrected chi connectivity index (χ2v) is 6.39. The summed E-state index contributed by atoms with van der Waals surface area (Å²) in [5, 5.41) is 2.89. The van der Waals surface area contributed by atoms with Crippen LogP contribution in [-0.2, 0) is 17.9 Å². The second-order valence-electron chi connectivity index (χ2n) is 6.39. The largest absolute Gasteiger partial charge is 0.467 e. The van der Waals surface area contributed by atoms with Gasteiger partial charge in [0.15, 0.2) is 0 Å². The molecule has 1 N–H and O–H groups in total. The molecule has 1 amide bonds. The van der Waals surface area contributed by atoms with Crippen molar-refractivity contribution in [2.24, 2.45) is 0 Å². The summed E-state index contributed by atoms with van der Waals surface area (Å²) >= 11 is 0. The first-order valence-corrected chi connectivity index (χ1v) is 8.67. The Morgan fingerprint density at radius 2 is 1.84 bits per heavy atom. The van der Waals surface area contributed by atoms with Gasteiger partial charge in [0.1, 0.15) is 11.6 Å². The molecule has 0 aliphatic carbocycles. The highest BCUT2D eigenvalue weighted by atomic mass is 19.1. The zero-order valence-electron chi connectivity index (χ0n) is 14.3. The molecule has 0 unspecified atom stereocenters. The normalized spacial score (nSPS) is 16.5. The summed E-state index contributed by atoms with van der Waals surface area (Å²) < 4.78 is 18.2. The van der Waals surface area contributed by atoms with Crippen LogP contribution in [0.1, 0.15) is 17.7 Å². The molecule has 0 bridgehead atoms. The molecule has 2 aromatic rings. The van der Waals surface area contributed by atoms with Crippen LogP contribution >= 0.6 is 0 Å². The molecule has 2 heterocycles. The maximum atomic E-state index is 13.0. The van der Waals surface area contributed by atoms with Gasteiger partial charge < -0.3 is 9.73 Å². The van der Waals surface area contributed by atoms with Crippen molar-refractivity contribution in [3.63, 3.8) is 0 Å². The van der Waals surface area contributed by atoms with E-state index in [4.69, 9.17) is 4.42 Å². The molecule has 134 valence electrons. The fraction of sp³-hybridized carbons (Fsp3) is 0.421. The summed E-state index contributed by atoms with van der Waals surface area (Å²) in [5.74, 6) is 0.574. The minimum atomic E-state index is -0.202. The third kappa shape index (κ3) is 5.69. The van der Waals surface area contributed by atoms with Gasteiger partial charge in [-0.25, -0.2) is 4.39 Å². The summed E-state index contributed by atoms with van der Waals surface area (Å²) in [7, 11) is 0. The lowest BCUT2D eigenvalue weighted by Gasteiger charge is -2.21. The number of amides is 1. The minimum absolute atomic E-state index is 0.0170. The van der Waals surface area contributed by atoms with Crippen molar-refractivity contribution in [2.75, 3.05) is 32.7 Å². The summed E-state index contributed by atoms with van der Waals surface area (Å²) in [6, 6.07) is 10.3. The number of hydrogen-bond donors (Lipinski definition) is 1. The Bertz CT molecular complexity index is 658. The Morgan fingerprint density at radius 3 is 2.60 bits per heavy atom. The van der Waals surface area contributed by atoms with Gasteiger partial charge in [-0.05, 0) is 49.3 Å². The lowest BCUT2D eigenvalue weighted by molar-refractivity contribution is -0.122. The van der Waals surface area contributed by atoms with Gasteiger partial charge in [-0.1, -0.05) is 12.1 Å². The van der Waals surface area contributed by atoms with Gasteiger partial charge in [-0.15, -0.1) is 0 Å². The van der Waals surface area contributed by atoms with E-state index in [1.807, 2.05) is 24.3 Å². The Balaban J connectivity index is 1.41. The van der Waals surface area contributed by atoms with Crippen LogP contribution in [-0.4, -0.2) is 48.4 Å². The van der Waals surface area contributed by atoms with Crippen LogP contribution in [0.2, 0.25) is 0 Å². The maximum Gasteiger partial charge on any atom is 0.234 e. The molecule has 25 heavy (non-hydrogen) atoms. The van der Waals surface area contributed by atoms with Crippen molar-refractivity contribution in [1.82, 2.24) is 15.1 Å². The molecule has 1 aliphatic heterocycles. The number of carbonyl (C=O) groups excluding carboxylic acids is 1. The van der Waals surface area contributed by atoms with Crippen LogP contribution in [0, 0.1) is 5.82 Å². The van der Waals surface area contributed by atoms with E-state index in [1.165, 1.54) is 12.1 Å². The number of halogens is 1. The zero-order valence-corrected chi connectivity index (χ0v) is 14.3. The quantitative estimate of drug-likeness (QED) is 0.872. The molecular formula is C19H24FN3O2. The Morgan fingerprint density at radius 1 is 1.08 bits per heavy atom. The zero-order chi connectivity index (χ0) is 17.5. The van der Waals surface area contributed by atoms with Gasteiger partial charge in [0, 0.05) is 19.6 Å². The van der Waals surface area contributed by atoms with Crippen LogP contribution in [0.25, 0.3) is 0 Å². The SMILES string of the molecule is O=C(CN1CCCN(Cc2ccc(F)cc2)CC1)NCc1ccco1. The smallest absolute Gasteiger partial charge is 0.234 e. The standard InChI is InChI=1S/C19H24FN3O2/c20-17-6-4-16(5-7-17)14-22-8-2-9-23(11-10-22)15-19(24)21-13-18-3-1-12-25-18/h1,3-7,12H,2,8-11,13-15H2,(H,21,24). The van der Waals surface area contributed by atoms with Crippen LogP contribution in [0.5, 0.6) is 0 Å². The number of furan rings is 1. The molecule has 1 aromatic carbocycles. The van der Waals surface area contributed by atoms with Gasteiger partial charge in [0.2, 0.25) is 5.91 Å². The Kier molecular flexibility index (Phi) is 6.19. The van der Waals surface area contributed by atoms with Crippen LogP contribution in [0.15, 0.2) is 47.1 Å². The molecule has 5 nitrogen and oxygen atoms in total. The first-order chi connectivity index (χ1) is 12.2. The predicted molar refractivity (Wildman–Crippen MR) is 93.3 cm³/mol. The molecule has 1 fully saturated rings. The van der Waals surface area contributed by atoms with Crippen molar-refractivity contribution >= 4 is 5.91 Å². The first kappa shape index (κ1) is 17.6. The molecule has 6 heteroatoms. The molecule has 1 saturated heterocycles. The number of benzene rings is 1. The predicted octanol–water partition coefficient (Wildman–Crippen LogP) is 2.24. The highest BCUT2D eigenvalue weighted by Crippen LogP contribution is 2.10. The molecule has 0 spiro atoms. The van der Waals surface area contributed by atoms with E-state index >= 15 is 0 Å². The molecule has 0 atom stereocenters. The number of hydrogen-bond acceptors (Lipinski definition) is 4. The topological polar surface area (TPSA) is 48.7 Å². The van der Waals surface area contributed by atoms with Crippen LogP contribution in [0.4, 0.5) is 4.39 Å². The van der Waals surface area contributed by atoms with Crippen molar-refractivity contribution in [3.8, 4) is 0 Å². The van der Waals surface area contributed by atoms with Gasteiger partial charge in [-0.2, -0.15) is 0 Å². The van der Waals surface area contributed by atoms with Crippen molar-refractivity contribution in [3.05, 3.63) is 59.8 Å². The molecule has 0 radical (unpaired) electrons. The molecule has 3 rings (SSSR count).